The Morgan fingerprint density at radius 3 is 2.93 bits per heavy atom. The van der Waals surface area contributed by atoms with Crippen molar-refractivity contribution in [3.05, 3.63) is 50.8 Å². The highest BCUT2D eigenvalue weighted by molar-refractivity contribution is 7.99. The summed E-state index contributed by atoms with van der Waals surface area (Å²) in [7, 11) is 0. The summed E-state index contributed by atoms with van der Waals surface area (Å²) in [5.74, 6) is 1.11. The van der Waals surface area contributed by atoms with E-state index in [9.17, 15) is 14.4 Å². The molecular formula is C17H18N4O4S2. The molecule has 0 saturated heterocycles. The second kappa shape index (κ2) is 8.40. The minimum atomic E-state index is -0.588. The van der Waals surface area contributed by atoms with Crippen LogP contribution < -0.4 is 16.2 Å². The molecule has 0 aliphatic carbocycles. The van der Waals surface area contributed by atoms with Crippen molar-refractivity contribution in [3.8, 4) is 0 Å². The van der Waals surface area contributed by atoms with E-state index in [4.69, 9.17) is 4.42 Å². The maximum absolute atomic E-state index is 12.2. The fraction of sp³-hybridized carbons (Fsp3) is 0.294. The number of aromatic nitrogens is 2. The van der Waals surface area contributed by atoms with Crippen molar-refractivity contribution < 1.29 is 14.0 Å². The number of rotatable bonds is 6. The number of carbonyl (C=O) groups excluding carboxylic acids is 2. The van der Waals surface area contributed by atoms with Crippen LogP contribution in [0.1, 0.15) is 22.0 Å². The van der Waals surface area contributed by atoms with Crippen LogP contribution in [0.25, 0.3) is 10.2 Å². The van der Waals surface area contributed by atoms with E-state index in [1.807, 2.05) is 13.8 Å². The third-order valence-electron chi connectivity index (χ3n) is 3.82. The van der Waals surface area contributed by atoms with Crippen molar-refractivity contribution in [2.75, 3.05) is 5.75 Å². The summed E-state index contributed by atoms with van der Waals surface area (Å²) in [5, 5.41) is 5.39. The smallest absolute Gasteiger partial charge is 0.321 e. The molecule has 0 fully saturated rings. The van der Waals surface area contributed by atoms with Gasteiger partial charge in [0.05, 0.1) is 29.7 Å². The van der Waals surface area contributed by atoms with E-state index in [0.29, 0.717) is 27.6 Å². The van der Waals surface area contributed by atoms with E-state index < -0.39 is 11.9 Å². The van der Waals surface area contributed by atoms with Crippen LogP contribution in [-0.2, 0) is 17.1 Å². The summed E-state index contributed by atoms with van der Waals surface area (Å²) in [4.78, 5) is 44.7. The first-order valence-corrected chi connectivity index (χ1v) is 10.1. The van der Waals surface area contributed by atoms with Gasteiger partial charge in [0.15, 0.2) is 0 Å². The number of hydrogen-bond acceptors (Lipinski definition) is 7. The number of nitrogens with one attached hydrogen (secondary N) is 3. The lowest BCUT2D eigenvalue weighted by Gasteiger charge is -2.05. The normalized spacial score (nSPS) is 10.9. The molecule has 3 N–H and O–H groups in total. The molecule has 0 atom stereocenters. The topological polar surface area (TPSA) is 117 Å². The Labute approximate surface area is 162 Å². The Morgan fingerprint density at radius 1 is 1.37 bits per heavy atom. The van der Waals surface area contributed by atoms with Crippen LogP contribution in [0.5, 0.6) is 0 Å². The number of H-pyrrole nitrogens is 1. The van der Waals surface area contributed by atoms with Gasteiger partial charge in [-0.2, -0.15) is 0 Å². The molecule has 3 aromatic heterocycles. The quantitative estimate of drug-likeness (QED) is 0.579. The molecule has 3 amide bonds. The van der Waals surface area contributed by atoms with Gasteiger partial charge >= 0.3 is 6.03 Å². The molecule has 3 rings (SSSR count). The predicted molar refractivity (Wildman–Crippen MR) is 105 cm³/mol. The minimum absolute atomic E-state index is 0.0679. The number of furan rings is 1. The summed E-state index contributed by atoms with van der Waals surface area (Å²) >= 11 is 2.74. The first-order chi connectivity index (χ1) is 12.9. The second-order valence-electron chi connectivity index (χ2n) is 5.78. The predicted octanol–water partition coefficient (Wildman–Crippen LogP) is 2.45. The van der Waals surface area contributed by atoms with Gasteiger partial charge in [-0.1, -0.05) is 0 Å². The molecule has 3 heterocycles. The molecule has 0 aromatic carbocycles. The molecule has 3 aromatic rings. The molecule has 10 heteroatoms. The van der Waals surface area contributed by atoms with Crippen molar-refractivity contribution in [1.29, 1.82) is 0 Å². The molecule has 0 aliphatic rings. The van der Waals surface area contributed by atoms with Gasteiger partial charge < -0.3 is 14.7 Å². The molecule has 142 valence electrons. The Hall–Kier alpha value is -2.59. The van der Waals surface area contributed by atoms with Crippen LogP contribution in [0.3, 0.4) is 0 Å². The van der Waals surface area contributed by atoms with Gasteiger partial charge in [-0.05, 0) is 31.5 Å². The van der Waals surface area contributed by atoms with E-state index in [0.717, 1.165) is 10.4 Å². The molecule has 27 heavy (non-hydrogen) atoms. The Morgan fingerprint density at radius 2 is 2.19 bits per heavy atom. The monoisotopic (exact) mass is 406 g/mol. The number of thioether (sulfide) groups is 1. The summed E-state index contributed by atoms with van der Waals surface area (Å²) in [6, 6.07) is 2.85. The standard InChI is InChI=1S/C17H18N4O4S2/c1-9-10(2)27-16-14(9)15(23)19-12(20-16)7-26-8-13(22)21-17(24)18-6-11-4-3-5-25-11/h3-5H,6-8H2,1-2H3,(H,19,20,23)(H2,18,21,22,24). The van der Waals surface area contributed by atoms with E-state index in [2.05, 4.69) is 20.6 Å². The lowest BCUT2D eigenvalue weighted by Crippen LogP contribution is -2.39. The number of aromatic amines is 1. The van der Waals surface area contributed by atoms with Gasteiger partial charge in [-0.3, -0.25) is 14.9 Å². The Bertz CT molecular complexity index is 1020. The van der Waals surface area contributed by atoms with Gasteiger partial charge in [-0.25, -0.2) is 9.78 Å². The fourth-order valence-electron chi connectivity index (χ4n) is 2.40. The van der Waals surface area contributed by atoms with E-state index in [1.54, 1.807) is 12.1 Å². The van der Waals surface area contributed by atoms with Crippen LogP contribution in [-0.4, -0.2) is 27.7 Å². The molecular weight excluding hydrogens is 388 g/mol. The lowest BCUT2D eigenvalue weighted by atomic mass is 10.2. The molecule has 0 saturated carbocycles. The van der Waals surface area contributed by atoms with Crippen LogP contribution in [0.4, 0.5) is 4.79 Å². The highest BCUT2D eigenvalue weighted by atomic mass is 32.2. The maximum atomic E-state index is 12.2. The Kier molecular flexibility index (Phi) is 5.97. The zero-order valence-electron chi connectivity index (χ0n) is 14.8. The van der Waals surface area contributed by atoms with E-state index in [-0.39, 0.29) is 17.9 Å². The third kappa shape index (κ3) is 4.77. The third-order valence-corrected chi connectivity index (χ3v) is 5.86. The van der Waals surface area contributed by atoms with Crippen LogP contribution in [0.2, 0.25) is 0 Å². The minimum Gasteiger partial charge on any atom is -0.467 e. The molecule has 0 unspecified atom stereocenters. The SMILES string of the molecule is Cc1sc2nc(CSCC(=O)NC(=O)NCc3ccco3)[nH]c(=O)c2c1C. The van der Waals surface area contributed by atoms with Crippen LogP contribution in [0, 0.1) is 13.8 Å². The number of thiophene rings is 1. The summed E-state index contributed by atoms with van der Waals surface area (Å²) in [6.07, 6.45) is 1.51. The molecule has 0 spiro atoms. The number of amides is 3. The Balaban J connectivity index is 1.47. The summed E-state index contributed by atoms with van der Waals surface area (Å²) in [5.41, 5.74) is 0.780. The fourth-order valence-corrected chi connectivity index (χ4v) is 4.13. The van der Waals surface area contributed by atoms with Gasteiger partial charge in [0.1, 0.15) is 16.4 Å². The average molecular weight is 406 g/mol. The number of aryl methyl sites for hydroxylation is 2. The lowest BCUT2D eigenvalue weighted by molar-refractivity contribution is -0.117. The summed E-state index contributed by atoms with van der Waals surface area (Å²) in [6.45, 7) is 4.06. The van der Waals surface area contributed by atoms with Gasteiger partial charge in [-0.15, -0.1) is 23.1 Å². The number of carbonyl (C=O) groups is 2. The second-order valence-corrected chi connectivity index (χ2v) is 7.97. The van der Waals surface area contributed by atoms with Crippen molar-refractivity contribution in [3.63, 3.8) is 0 Å². The largest absolute Gasteiger partial charge is 0.467 e. The maximum Gasteiger partial charge on any atom is 0.321 e. The van der Waals surface area contributed by atoms with Crippen LogP contribution >= 0.6 is 23.1 Å². The van der Waals surface area contributed by atoms with Gasteiger partial charge in [0.25, 0.3) is 5.56 Å². The molecule has 0 bridgehead atoms. The van der Waals surface area contributed by atoms with Gasteiger partial charge in [0, 0.05) is 4.88 Å². The molecule has 8 nitrogen and oxygen atoms in total. The molecule has 0 radical (unpaired) electrons. The highest BCUT2D eigenvalue weighted by Crippen LogP contribution is 2.26. The van der Waals surface area contributed by atoms with Crippen molar-refractivity contribution in [2.24, 2.45) is 0 Å². The highest BCUT2D eigenvalue weighted by Gasteiger charge is 2.13. The number of imide groups is 1. The molecule has 0 aliphatic heterocycles. The van der Waals surface area contributed by atoms with Crippen molar-refractivity contribution in [1.82, 2.24) is 20.6 Å². The number of urea groups is 1. The zero-order chi connectivity index (χ0) is 19.4. The first kappa shape index (κ1) is 19.2. The summed E-state index contributed by atoms with van der Waals surface area (Å²) < 4.78 is 5.09. The van der Waals surface area contributed by atoms with Crippen molar-refractivity contribution in [2.45, 2.75) is 26.1 Å². The van der Waals surface area contributed by atoms with Crippen molar-refractivity contribution >= 4 is 45.3 Å². The van der Waals surface area contributed by atoms with Gasteiger partial charge in [0.2, 0.25) is 5.91 Å². The van der Waals surface area contributed by atoms with Crippen LogP contribution in [0.15, 0.2) is 27.6 Å². The zero-order valence-corrected chi connectivity index (χ0v) is 16.4. The van der Waals surface area contributed by atoms with E-state index >= 15 is 0 Å². The first-order valence-electron chi connectivity index (χ1n) is 8.10. The van der Waals surface area contributed by atoms with E-state index in [1.165, 1.54) is 29.4 Å². The number of hydrogen-bond donors (Lipinski definition) is 3. The number of fused-ring (bicyclic) bond motifs is 1. The average Bonchev–Trinajstić information content (AvgIpc) is 3.22. The number of nitrogens with zero attached hydrogens (tertiary/aromatic N) is 1.